The second-order valence-electron chi connectivity index (χ2n) is 3.83. The standard InChI is InChI=1S/C13H14F2N4O/c1-3-16-12-17-11(18-13(19-12)20-4-2)8-6-5-7-9(14)10(8)15/h5-7H,3-4H2,1-2H3,(H,16,17,18,19). The lowest BCUT2D eigenvalue weighted by molar-refractivity contribution is 0.312. The first-order valence-corrected chi connectivity index (χ1v) is 6.22. The maximum Gasteiger partial charge on any atom is 0.321 e. The number of nitrogens with zero attached hydrogens (tertiary/aromatic N) is 3. The highest BCUT2D eigenvalue weighted by Crippen LogP contribution is 2.23. The van der Waals surface area contributed by atoms with E-state index in [1.165, 1.54) is 12.1 Å². The van der Waals surface area contributed by atoms with E-state index in [0.29, 0.717) is 13.2 Å². The molecule has 0 amide bonds. The van der Waals surface area contributed by atoms with Gasteiger partial charge >= 0.3 is 6.01 Å². The van der Waals surface area contributed by atoms with Crippen LogP contribution in [0.5, 0.6) is 6.01 Å². The Balaban J connectivity index is 2.51. The first-order valence-electron chi connectivity index (χ1n) is 6.22. The fourth-order valence-electron chi connectivity index (χ4n) is 1.58. The summed E-state index contributed by atoms with van der Waals surface area (Å²) in [6.07, 6.45) is 0. The van der Waals surface area contributed by atoms with Crippen LogP contribution in [0.25, 0.3) is 11.4 Å². The largest absolute Gasteiger partial charge is 0.464 e. The summed E-state index contributed by atoms with van der Waals surface area (Å²) in [6, 6.07) is 3.90. The Morgan fingerprint density at radius 2 is 1.95 bits per heavy atom. The monoisotopic (exact) mass is 280 g/mol. The quantitative estimate of drug-likeness (QED) is 0.912. The maximum absolute atomic E-state index is 13.8. The van der Waals surface area contributed by atoms with E-state index in [9.17, 15) is 8.78 Å². The zero-order valence-corrected chi connectivity index (χ0v) is 11.2. The molecule has 0 radical (unpaired) electrons. The fourth-order valence-corrected chi connectivity index (χ4v) is 1.58. The van der Waals surface area contributed by atoms with Crippen molar-refractivity contribution >= 4 is 5.95 Å². The molecule has 1 heterocycles. The maximum atomic E-state index is 13.8. The topological polar surface area (TPSA) is 59.9 Å². The van der Waals surface area contributed by atoms with Crippen molar-refractivity contribution in [1.82, 2.24) is 15.0 Å². The normalized spacial score (nSPS) is 10.4. The third-order valence-corrected chi connectivity index (χ3v) is 2.42. The van der Waals surface area contributed by atoms with Crippen LogP contribution >= 0.6 is 0 Å². The molecule has 2 aromatic rings. The van der Waals surface area contributed by atoms with Gasteiger partial charge in [-0.15, -0.1) is 0 Å². The predicted octanol–water partition coefficient (Wildman–Crippen LogP) is 2.65. The Labute approximate surface area is 115 Å². The molecule has 2 rings (SSSR count). The van der Waals surface area contributed by atoms with Crippen LogP contribution in [0.2, 0.25) is 0 Å². The molecule has 0 spiro atoms. The van der Waals surface area contributed by atoms with E-state index >= 15 is 0 Å². The Morgan fingerprint density at radius 3 is 2.65 bits per heavy atom. The number of halogens is 2. The molecule has 20 heavy (non-hydrogen) atoms. The molecule has 0 aliphatic carbocycles. The van der Waals surface area contributed by atoms with Crippen molar-refractivity contribution in [3.63, 3.8) is 0 Å². The number of ether oxygens (including phenoxy) is 1. The molecule has 0 bridgehead atoms. The van der Waals surface area contributed by atoms with Crippen LogP contribution in [0, 0.1) is 11.6 Å². The van der Waals surface area contributed by atoms with Crippen LogP contribution in [-0.2, 0) is 0 Å². The van der Waals surface area contributed by atoms with E-state index in [-0.39, 0.29) is 23.3 Å². The van der Waals surface area contributed by atoms with E-state index in [1.807, 2.05) is 6.92 Å². The van der Waals surface area contributed by atoms with E-state index in [0.717, 1.165) is 6.07 Å². The molecule has 0 aliphatic heterocycles. The summed E-state index contributed by atoms with van der Waals surface area (Å²) >= 11 is 0. The average molecular weight is 280 g/mol. The number of rotatable bonds is 5. The van der Waals surface area contributed by atoms with Crippen molar-refractivity contribution in [2.24, 2.45) is 0 Å². The lowest BCUT2D eigenvalue weighted by atomic mass is 10.2. The highest BCUT2D eigenvalue weighted by atomic mass is 19.2. The Hall–Kier alpha value is -2.31. The van der Waals surface area contributed by atoms with Crippen LogP contribution < -0.4 is 10.1 Å². The smallest absolute Gasteiger partial charge is 0.321 e. The lowest BCUT2D eigenvalue weighted by Gasteiger charge is -2.08. The molecular formula is C13H14F2N4O. The summed E-state index contributed by atoms with van der Waals surface area (Å²) in [4.78, 5) is 12.1. The number of nitrogens with one attached hydrogen (secondary N) is 1. The Morgan fingerprint density at radius 1 is 1.15 bits per heavy atom. The van der Waals surface area contributed by atoms with Crippen molar-refractivity contribution in [1.29, 1.82) is 0 Å². The van der Waals surface area contributed by atoms with Gasteiger partial charge in [0.1, 0.15) is 0 Å². The van der Waals surface area contributed by atoms with E-state index in [2.05, 4.69) is 20.3 Å². The van der Waals surface area contributed by atoms with Gasteiger partial charge in [0, 0.05) is 6.54 Å². The number of anilines is 1. The van der Waals surface area contributed by atoms with Gasteiger partial charge in [0.25, 0.3) is 0 Å². The number of hydrogen-bond acceptors (Lipinski definition) is 5. The molecule has 5 nitrogen and oxygen atoms in total. The average Bonchev–Trinajstić information content (AvgIpc) is 2.42. The van der Waals surface area contributed by atoms with Gasteiger partial charge < -0.3 is 10.1 Å². The van der Waals surface area contributed by atoms with Gasteiger partial charge in [0.2, 0.25) is 5.95 Å². The van der Waals surface area contributed by atoms with Crippen molar-refractivity contribution in [2.45, 2.75) is 13.8 Å². The summed E-state index contributed by atoms with van der Waals surface area (Å²) in [5.41, 5.74) is -0.0347. The van der Waals surface area contributed by atoms with Gasteiger partial charge in [-0.25, -0.2) is 8.78 Å². The summed E-state index contributed by atoms with van der Waals surface area (Å²) in [7, 11) is 0. The van der Waals surface area contributed by atoms with Crippen LogP contribution in [0.4, 0.5) is 14.7 Å². The van der Waals surface area contributed by atoms with Crippen molar-refractivity contribution in [2.75, 3.05) is 18.5 Å². The van der Waals surface area contributed by atoms with Crippen molar-refractivity contribution < 1.29 is 13.5 Å². The predicted molar refractivity (Wildman–Crippen MR) is 70.5 cm³/mol. The molecule has 106 valence electrons. The van der Waals surface area contributed by atoms with Gasteiger partial charge in [-0.2, -0.15) is 15.0 Å². The lowest BCUT2D eigenvalue weighted by Crippen LogP contribution is -2.08. The van der Waals surface area contributed by atoms with Gasteiger partial charge in [0.05, 0.1) is 12.2 Å². The molecule has 0 atom stereocenters. The molecule has 1 aromatic heterocycles. The van der Waals surface area contributed by atoms with Crippen LogP contribution in [-0.4, -0.2) is 28.1 Å². The van der Waals surface area contributed by atoms with Crippen LogP contribution in [0.15, 0.2) is 18.2 Å². The summed E-state index contributed by atoms with van der Waals surface area (Å²) in [5.74, 6) is -1.67. The van der Waals surface area contributed by atoms with E-state index < -0.39 is 11.6 Å². The fraction of sp³-hybridized carbons (Fsp3) is 0.308. The first kappa shape index (κ1) is 14.1. The minimum absolute atomic E-state index is 0.0244. The minimum atomic E-state index is -0.997. The highest BCUT2D eigenvalue weighted by Gasteiger charge is 2.15. The molecular weight excluding hydrogens is 266 g/mol. The summed E-state index contributed by atoms with van der Waals surface area (Å²) in [5, 5.41) is 2.89. The van der Waals surface area contributed by atoms with Crippen LogP contribution in [0.3, 0.4) is 0 Å². The first-order chi connectivity index (χ1) is 9.65. The highest BCUT2D eigenvalue weighted by molar-refractivity contribution is 5.57. The van der Waals surface area contributed by atoms with Gasteiger partial charge in [-0.1, -0.05) is 6.07 Å². The third kappa shape index (κ3) is 2.98. The van der Waals surface area contributed by atoms with Crippen molar-refractivity contribution in [3.05, 3.63) is 29.8 Å². The number of benzene rings is 1. The molecule has 0 unspecified atom stereocenters. The third-order valence-electron chi connectivity index (χ3n) is 2.42. The molecule has 0 saturated carbocycles. The van der Waals surface area contributed by atoms with Gasteiger partial charge in [-0.05, 0) is 26.0 Å². The van der Waals surface area contributed by atoms with Crippen molar-refractivity contribution in [3.8, 4) is 17.4 Å². The molecule has 7 heteroatoms. The van der Waals surface area contributed by atoms with Gasteiger partial charge in [0.15, 0.2) is 17.5 Å². The SMILES string of the molecule is CCNc1nc(OCC)nc(-c2cccc(F)c2F)n1. The van der Waals surface area contributed by atoms with Crippen LogP contribution in [0.1, 0.15) is 13.8 Å². The zero-order valence-electron chi connectivity index (χ0n) is 11.2. The second kappa shape index (κ2) is 6.23. The molecule has 0 fully saturated rings. The van der Waals surface area contributed by atoms with E-state index in [1.54, 1.807) is 6.92 Å². The number of hydrogen-bond donors (Lipinski definition) is 1. The van der Waals surface area contributed by atoms with E-state index in [4.69, 9.17) is 4.74 Å². The Bertz CT molecular complexity index is 583. The molecule has 1 N–H and O–H groups in total. The summed E-state index contributed by atoms with van der Waals surface area (Å²) < 4.78 is 32.3. The number of aromatic nitrogens is 3. The molecule has 0 aliphatic rings. The second-order valence-corrected chi connectivity index (χ2v) is 3.83. The Kier molecular flexibility index (Phi) is 4.39. The van der Waals surface area contributed by atoms with Gasteiger partial charge in [-0.3, -0.25) is 0 Å². The molecule has 0 saturated heterocycles. The zero-order chi connectivity index (χ0) is 14.5. The minimum Gasteiger partial charge on any atom is -0.464 e. The summed E-state index contributed by atoms with van der Waals surface area (Å²) in [6.45, 7) is 4.59. The molecule has 1 aromatic carbocycles.